The molecule has 0 fully saturated rings. The van der Waals surface area contributed by atoms with Gasteiger partial charge in [-0.2, -0.15) is 4.98 Å². The number of imidazole rings is 1. The molecule has 0 aliphatic carbocycles. The number of methoxy groups -OCH3 is 1. The van der Waals surface area contributed by atoms with Crippen LogP contribution in [0.5, 0.6) is 5.75 Å². The molecule has 2 aromatic carbocycles. The van der Waals surface area contributed by atoms with Gasteiger partial charge in [-0.3, -0.25) is 9.20 Å². The van der Waals surface area contributed by atoms with E-state index in [1.165, 1.54) is 12.1 Å². The lowest BCUT2D eigenvalue weighted by Crippen LogP contribution is -2.11. The number of pyridine rings is 1. The lowest BCUT2D eigenvalue weighted by Gasteiger charge is -2.17. The molecule has 39 heavy (non-hydrogen) atoms. The second-order valence-electron chi connectivity index (χ2n) is 8.71. The molecule has 3 heterocycles. The van der Waals surface area contributed by atoms with Gasteiger partial charge in [0, 0.05) is 35.1 Å². The van der Waals surface area contributed by atoms with Gasteiger partial charge in [0.2, 0.25) is 11.9 Å². The van der Waals surface area contributed by atoms with Crippen molar-refractivity contribution in [2.75, 3.05) is 17.7 Å². The summed E-state index contributed by atoms with van der Waals surface area (Å²) in [5, 5.41) is 7.32. The maximum atomic E-state index is 14.1. The number of anilines is 3. The van der Waals surface area contributed by atoms with E-state index in [1.54, 1.807) is 32.6 Å². The predicted octanol–water partition coefficient (Wildman–Crippen LogP) is 7.14. The summed E-state index contributed by atoms with van der Waals surface area (Å²) < 4.78 is 21.4. The average Bonchev–Trinajstić information content (AvgIpc) is 3.41. The van der Waals surface area contributed by atoms with Crippen LogP contribution in [-0.4, -0.2) is 32.4 Å². The highest BCUT2D eigenvalue weighted by Crippen LogP contribution is 2.45. The molecule has 8 nitrogen and oxygen atoms in total. The van der Waals surface area contributed by atoms with Crippen molar-refractivity contribution in [2.24, 2.45) is 0 Å². The number of hydrogen-bond acceptors (Lipinski definition) is 6. The monoisotopic (exact) mass is 564 g/mol. The number of halogens is 3. The van der Waals surface area contributed by atoms with E-state index in [0.29, 0.717) is 61.3 Å². The molecule has 3 aromatic heterocycles. The van der Waals surface area contributed by atoms with E-state index in [9.17, 15) is 9.18 Å². The zero-order chi connectivity index (χ0) is 27.8. The summed E-state index contributed by atoms with van der Waals surface area (Å²) in [5.74, 6) is -0.218. The van der Waals surface area contributed by atoms with Crippen molar-refractivity contribution in [2.45, 2.75) is 20.3 Å². The molecule has 198 valence electrons. The van der Waals surface area contributed by atoms with Crippen LogP contribution in [0, 0.1) is 12.7 Å². The van der Waals surface area contributed by atoms with Crippen LogP contribution in [0.4, 0.5) is 21.7 Å². The molecule has 2 N–H and O–H groups in total. The number of aryl methyl sites for hydroxylation is 2. The van der Waals surface area contributed by atoms with E-state index in [2.05, 4.69) is 27.2 Å². The van der Waals surface area contributed by atoms with E-state index in [4.69, 9.17) is 32.9 Å². The fourth-order valence-electron chi connectivity index (χ4n) is 4.43. The third kappa shape index (κ3) is 4.75. The lowest BCUT2D eigenvalue weighted by molar-refractivity contribution is -0.111. The van der Waals surface area contributed by atoms with Gasteiger partial charge in [-0.1, -0.05) is 36.7 Å². The molecular weight excluding hydrogens is 542 g/mol. The largest absolute Gasteiger partial charge is 0.495 e. The maximum absolute atomic E-state index is 14.1. The molecule has 1 amide bonds. The van der Waals surface area contributed by atoms with Crippen LogP contribution in [0.3, 0.4) is 0 Å². The fourth-order valence-corrected chi connectivity index (χ4v) is 5.19. The summed E-state index contributed by atoms with van der Waals surface area (Å²) in [6.45, 7) is 7.16. The van der Waals surface area contributed by atoms with Gasteiger partial charge >= 0.3 is 0 Å². The summed E-state index contributed by atoms with van der Waals surface area (Å²) in [6.07, 6.45) is 6.88. The number of fused-ring (bicyclic) bond motifs is 3. The third-order valence-corrected chi connectivity index (χ3v) is 7.11. The molecule has 0 atom stereocenters. The molecule has 0 spiro atoms. The summed E-state index contributed by atoms with van der Waals surface area (Å²) in [7, 11) is 1.56. The first kappa shape index (κ1) is 26.4. The number of carbonyl (C=O) groups is 1. The molecule has 11 heteroatoms. The second kappa shape index (κ2) is 10.5. The van der Waals surface area contributed by atoms with Crippen molar-refractivity contribution in [3.05, 3.63) is 82.5 Å². The minimum absolute atomic E-state index is 0.234. The van der Waals surface area contributed by atoms with Gasteiger partial charge in [0.05, 0.1) is 28.5 Å². The van der Waals surface area contributed by atoms with Crippen LogP contribution >= 0.6 is 23.2 Å². The van der Waals surface area contributed by atoms with Gasteiger partial charge in [0.15, 0.2) is 5.65 Å². The number of carbonyl (C=O) groups excluding carboxylic acids is 1. The molecule has 0 saturated heterocycles. The Hall–Kier alpha value is -4.21. The maximum Gasteiger partial charge on any atom is 0.247 e. The lowest BCUT2D eigenvalue weighted by atomic mass is 10.0. The Labute approximate surface area is 233 Å². The summed E-state index contributed by atoms with van der Waals surface area (Å²) in [4.78, 5) is 25.7. The van der Waals surface area contributed by atoms with E-state index in [1.807, 2.05) is 23.5 Å². The molecule has 0 unspecified atom stereocenters. The Balaban J connectivity index is 1.66. The minimum Gasteiger partial charge on any atom is -0.495 e. The van der Waals surface area contributed by atoms with Crippen molar-refractivity contribution < 1.29 is 13.9 Å². The summed E-state index contributed by atoms with van der Waals surface area (Å²) in [5.41, 5.74) is 4.58. The highest BCUT2D eigenvalue weighted by atomic mass is 35.5. The number of nitrogens with one attached hydrogen (secondary N) is 2. The predicted molar refractivity (Wildman–Crippen MR) is 153 cm³/mol. The van der Waals surface area contributed by atoms with Crippen molar-refractivity contribution in [1.29, 1.82) is 0 Å². The van der Waals surface area contributed by atoms with Gasteiger partial charge in [0.25, 0.3) is 0 Å². The van der Waals surface area contributed by atoms with Gasteiger partial charge < -0.3 is 15.4 Å². The number of nitrogens with zero attached hydrogens (tertiary/aromatic N) is 4. The Kier molecular flexibility index (Phi) is 7.12. The van der Waals surface area contributed by atoms with Crippen LogP contribution in [0.15, 0.2) is 55.5 Å². The first-order valence-corrected chi connectivity index (χ1v) is 12.7. The molecule has 0 radical (unpaired) electrons. The molecule has 5 aromatic rings. The summed E-state index contributed by atoms with van der Waals surface area (Å²) >= 11 is 13.6. The third-order valence-electron chi connectivity index (χ3n) is 6.30. The Morgan fingerprint density at radius 3 is 2.69 bits per heavy atom. The molecule has 0 aliphatic rings. The van der Waals surface area contributed by atoms with Crippen LogP contribution in [-0.2, 0) is 11.2 Å². The Morgan fingerprint density at radius 1 is 1.18 bits per heavy atom. The normalized spacial score (nSPS) is 11.1. The zero-order valence-corrected chi connectivity index (χ0v) is 22.8. The number of amides is 1. The molecule has 0 saturated carbocycles. The smallest absolute Gasteiger partial charge is 0.247 e. The number of hydrogen-bond donors (Lipinski definition) is 2. The highest BCUT2D eigenvalue weighted by molar-refractivity contribution is 6.41. The van der Waals surface area contributed by atoms with Crippen LogP contribution in [0.2, 0.25) is 10.0 Å². The standard InChI is InChI=1S/C28H23Cl2FN6O2/c1-5-15-11-20(39-4)24(30)22(23(15)29)18-10-16-13-33-28(36-26(16)37-8-7-32-27(18)37)35-25-14(3)9-17(31)12-19(25)34-21(38)6-2/h6-13H,2,5H2,1,3-4H3,(H,34,38)(H,33,35,36). The van der Waals surface area contributed by atoms with Gasteiger partial charge in [-0.15, -0.1) is 0 Å². The molecule has 0 aliphatic heterocycles. The van der Waals surface area contributed by atoms with Crippen LogP contribution in [0.1, 0.15) is 18.1 Å². The quantitative estimate of drug-likeness (QED) is 0.204. The first-order valence-electron chi connectivity index (χ1n) is 11.9. The molecule has 0 bridgehead atoms. The van der Waals surface area contributed by atoms with Crippen molar-refractivity contribution in [1.82, 2.24) is 19.4 Å². The van der Waals surface area contributed by atoms with Gasteiger partial charge in [-0.25, -0.2) is 14.4 Å². The first-order chi connectivity index (χ1) is 18.7. The Morgan fingerprint density at radius 2 is 1.97 bits per heavy atom. The number of benzene rings is 2. The highest BCUT2D eigenvalue weighted by Gasteiger charge is 2.22. The van der Waals surface area contributed by atoms with Crippen molar-refractivity contribution >= 4 is 63.1 Å². The second-order valence-corrected chi connectivity index (χ2v) is 9.47. The summed E-state index contributed by atoms with van der Waals surface area (Å²) in [6, 6.07) is 6.28. The number of ether oxygens (including phenoxy) is 1. The van der Waals surface area contributed by atoms with Gasteiger partial charge in [0.1, 0.15) is 17.2 Å². The topological polar surface area (TPSA) is 93.4 Å². The van der Waals surface area contributed by atoms with Crippen LogP contribution < -0.4 is 15.4 Å². The SMILES string of the molecule is C=CC(=O)Nc1cc(F)cc(C)c1Nc1ncc2cc(-c3c(Cl)c(CC)cc(OC)c3Cl)c3nccn3c2n1. The van der Waals surface area contributed by atoms with E-state index >= 15 is 0 Å². The number of aromatic nitrogens is 4. The van der Waals surface area contributed by atoms with E-state index in [-0.39, 0.29) is 11.6 Å². The number of rotatable bonds is 7. The van der Waals surface area contributed by atoms with Crippen molar-refractivity contribution in [3.63, 3.8) is 0 Å². The molecular formula is C28H23Cl2FN6O2. The van der Waals surface area contributed by atoms with E-state index in [0.717, 1.165) is 11.6 Å². The van der Waals surface area contributed by atoms with Crippen LogP contribution in [0.25, 0.3) is 27.8 Å². The average molecular weight is 565 g/mol. The zero-order valence-electron chi connectivity index (χ0n) is 21.3. The minimum atomic E-state index is -0.495. The fraction of sp³-hybridized carbons (Fsp3) is 0.143. The van der Waals surface area contributed by atoms with E-state index < -0.39 is 11.7 Å². The van der Waals surface area contributed by atoms with Crippen molar-refractivity contribution in [3.8, 4) is 16.9 Å². The molecule has 5 rings (SSSR count). The van der Waals surface area contributed by atoms with Gasteiger partial charge in [-0.05, 0) is 54.8 Å². The Bertz CT molecular complexity index is 1760.